The molecule has 9 nitrogen and oxygen atoms in total. The summed E-state index contributed by atoms with van der Waals surface area (Å²) in [6.07, 6.45) is 0. The minimum Gasteiger partial charge on any atom is -0.263 e. The van der Waals surface area contributed by atoms with Crippen molar-refractivity contribution in [3.8, 4) is 0 Å². The molecule has 0 radical (unpaired) electrons. The van der Waals surface area contributed by atoms with Gasteiger partial charge in [0, 0.05) is 0 Å². The van der Waals surface area contributed by atoms with Crippen molar-refractivity contribution < 1.29 is 37.4 Å². The Hall–Kier alpha value is -0.110. The molecule has 12 heavy (non-hydrogen) atoms. The van der Waals surface area contributed by atoms with E-state index in [-0.39, 0.29) is 0 Å². The average Bonchev–Trinajstić information content (AvgIpc) is 1.49. The summed E-state index contributed by atoms with van der Waals surface area (Å²) >= 11 is -3.33. The highest BCUT2D eigenvalue weighted by Gasteiger charge is 2.19. The molecule has 0 aliphatic rings. The predicted octanol–water partition coefficient (Wildman–Crippen LogP) is -1.80. The van der Waals surface area contributed by atoms with Gasteiger partial charge in [0.1, 0.15) is 0 Å². The fourth-order valence-electron chi connectivity index (χ4n) is 0.152. The molecule has 0 spiro atoms. The average molecular weight is 242 g/mol. The highest BCUT2D eigenvalue weighted by Crippen LogP contribution is 1.98. The largest absolute Gasteiger partial charge is 0.412 e. The van der Waals surface area contributed by atoms with Gasteiger partial charge in [0.2, 0.25) is 0 Å². The molecule has 0 saturated heterocycles. The summed E-state index contributed by atoms with van der Waals surface area (Å²) in [5, 5.41) is 0. The van der Waals surface area contributed by atoms with Crippen LogP contribution in [0.3, 0.4) is 0 Å². The standard InChI is InChI=1S/H2O9S3/c1-10(8-11(2,3)4)9-12(5,6)7/h(H,2,3,4)(H,5,6,7). The molecule has 0 fully saturated rings. The minimum absolute atomic E-state index is 3.05. The fraction of sp³-hybridized carbons (Fsp3) is 0. The van der Waals surface area contributed by atoms with Crippen molar-refractivity contribution >= 4 is 32.2 Å². The second-order valence-electron chi connectivity index (χ2n) is 1.20. The van der Waals surface area contributed by atoms with Crippen LogP contribution < -0.4 is 0 Å². The van der Waals surface area contributed by atoms with E-state index in [1.807, 2.05) is 0 Å². The van der Waals surface area contributed by atoms with Crippen LogP contribution in [-0.2, 0) is 39.4 Å². The third kappa shape index (κ3) is 7.99. The lowest BCUT2D eigenvalue weighted by molar-refractivity contribution is 0.357. The lowest BCUT2D eigenvalue weighted by Gasteiger charge is -1.95. The Morgan fingerprint density at radius 1 is 0.917 bits per heavy atom. The highest BCUT2D eigenvalue weighted by molar-refractivity contribution is 7.97. The van der Waals surface area contributed by atoms with Crippen molar-refractivity contribution in [3.05, 3.63) is 0 Å². The van der Waals surface area contributed by atoms with E-state index >= 15 is 0 Å². The van der Waals surface area contributed by atoms with Gasteiger partial charge < -0.3 is 0 Å². The summed E-state index contributed by atoms with van der Waals surface area (Å²) in [6, 6.07) is 0. The van der Waals surface area contributed by atoms with Crippen LogP contribution in [0.2, 0.25) is 0 Å². The SMILES string of the molecule is O=S(OS(=O)(=O)O)OS(=O)(=O)O. The first-order chi connectivity index (χ1) is 5.10. The first kappa shape index (κ1) is 11.9. The highest BCUT2D eigenvalue weighted by atomic mass is 32.3. The van der Waals surface area contributed by atoms with Crippen molar-refractivity contribution in [1.82, 2.24) is 0 Å². The van der Waals surface area contributed by atoms with E-state index in [1.54, 1.807) is 0 Å². The molecule has 12 heteroatoms. The van der Waals surface area contributed by atoms with Gasteiger partial charge in [0.05, 0.1) is 0 Å². The third-order valence-corrected chi connectivity index (χ3v) is 2.55. The van der Waals surface area contributed by atoms with E-state index in [0.717, 1.165) is 0 Å². The minimum atomic E-state index is -5.10. The van der Waals surface area contributed by atoms with Crippen molar-refractivity contribution in [2.24, 2.45) is 0 Å². The van der Waals surface area contributed by atoms with Crippen LogP contribution in [0.15, 0.2) is 0 Å². The Bertz CT molecular complexity index is 317. The monoisotopic (exact) mass is 242 g/mol. The maximum Gasteiger partial charge on any atom is 0.412 e. The number of hydrogen-bond donors (Lipinski definition) is 2. The molecule has 0 aliphatic heterocycles. The van der Waals surface area contributed by atoms with Gasteiger partial charge in [-0.1, -0.05) is 0 Å². The van der Waals surface area contributed by atoms with E-state index in [4.69, 9.17) is 9.11 Å². The van der Waals surface area contributed by atoms with Crippen LogP contribution >= 0.6 is 0 Å². The molecule has 0 atom stereocenters. The molecule has 0 heterocycles. The van der Waals surface area contributed by atoms with Crippen molar-refractivity contribution in [1.29, 1.82) is 0 Å². The molecule has 0 unspecified atom stereocenters. The van der Waals surface area contributed by atoms with E-state index in [2.05, 4.69) is 7.26 Å². The van der Waals surface area contributed by atoms with Gasteiger partial charge in [-0.25, -0.2) is 0 Å². The summed E-state index contributed by atoms with van der Waals surface area (Å²) in [7, 11) is -10.2. The lowest BCUT2D eigenvalue weighted by Crippen LogP contribution is -2.13. The van der Waals surface area contributed by atoms with Crippen molar-refractivity contribution in [2.45, 2.75) is 0 Å². The number of hydrogen-bond acceptors (Lipinski definition) is 7. The smallest absolute Gasteiger partial charge is 0.263 e. The van der Waals surface area contributed by atoms with E-state index in [1.165, 1.54) is 0 Å². The van der Waals surface area contributed by atoms with Crippen LogP contribution in [0.1, 0.15) is 0 Å². The van der Waals surface area contributed by atoms with Gasteiger partial charge in [-0.3, -0.25) is 9.11 Å². The van der Waals surface area contributed by atoms with Crippen LogP contribution in [0.4, 0.5) is 0 Å². The van der Waals surface area contributed by atoms with E-state index < -0.39 is 32.2 Å². The zero-order valence-electron chi connectivity index (χ0n) is 4.98. The first-order valence-corrected chi connectivity index (χ1v) is 5.60. The Balaban J connectivity index is 4.30. The molecule has 74 valence electrons. The maximum atomic E-state index is 10.1. The molecule has 0 rings (SSSR count). The zero-order valence-corrected chi connectivity index (χ0v) is 7.43. The molecule has 2 N–H and O–H groups in total. The van der Waals surface area contributed by atoms with Gasteiger partial charge >= 0.3 is 32.2 Å². The summed E-state index contributed by atoms with van der Waals surface area (Å²) in [4.78, 5) is 0. The summed E-state index contributed by atoms with van der Waals surface area (Å²) < 4.78 is 70.6. The maximum absolute atomic E-state index is 10.1. The summed E-state index contributed by atoms with van der Waals surface area (Å²) in [6.45, 7) is 0. The molecular formula is H2O9S3. The Kier molecular flexibility index (Phi) is 3.70. The number of rotatable bonds is 4. The van der Waals surface area contributed by atoms with Gasteiger partial charge in [-0.05, 0) is 0 Å². The fourth-order valence-corrected chi connectivity index (χ4v) is 1.57. The molecule has 0 aliphatic carbocycles. The zero-order chi connectivity index (χ0) is 9.99. The van der Waals surface area contributed by atoms with Gasteiger partial charge in [-0.2, -0.15) is 21.0 Å². The molecule has 0 bridgehead atoms. The Labute approximate surface area is 70.1 Å². The Morgan fingerprint density at radius 2 is 1.17 bits per heavy atom. The van der Waals surface area contributed by atoms with E-state index in [0.29, 0.717) is 0 Å². The molecule has 0 aromatic rings. The van der Waals surface area contributed by atoms with Gasteiger partial charge in [-0.15, -0.1) is 7.26 Å². The summed E-state index contributed by atoms with van der Waals surface area (Å²) in [5.41, 5.74) is 0. The third-order valence-electron chi connectivity index (χ3n) is 0.283. The molecule has 0 saturated carbocycles. The summed E-state index contributed by atoms with van der Waals surface area (Å²) in [5.74, 6) is 0. The van der Waals surface area contributed by atoms with Gasteiger partial charge in [0.15, 0.2) is 0 Å². The normalized spacial score (nSPS) is 13.6. The van der Waals surface area contributed by atoms with Crippen LogP contribution in [0, 0.1) is 0 Å². The van der Waals surface area contributed by atoms with Crippen molar-refractivity contribution in [2.75, 3.05) is 0 Å². The quantitative estimate of drug-likeness (QED) is 0.545. The van der Waals surface area contributed by atoms with E-state index in [9.17, 15) is 21.0 Å². The predicted molar refractivity (Wildman–Crippen MR) is 33.4 cm³/mol. The van der Waals surface area contributed by atoms with Crippen LogP contribution in [-0.4, -0.2) is 30.1 Å². The van der Waals surface area contributed by atoms with Crippen molar-refractivity contribution in [3.63, 3.8) is 0 Å². The molecule has 0 aromatic heterocycles. The molecule has 0 aromatic carbocycles. The second-order valence-corrected chi connectivity index (χ2v) is 4.40. The molecular weight excluding hydrogens is 240 g/mol. The van der Waals surface area contributed by atoms with Gasteiger partial charge in [0.25, 0.3) is 0 Å². The topological polar surface area (TPSA) is 144 Å². The Morgan fingerprint density at radius 3 is 1.33 bits per heavy atom. The second kappa shape index (κ2) is 3.73. The molecule has 0 amide bonds. The van der Waals surface area contributed by atoms with Crippen LogP contribution in [0.25, 0.3) is 0 Å². The lowest BCUT2D eigenvalue weighted by atomic mass is 15.7. The van der Waals surface area contributed by atoms with Crippen LogP contribution in [0.5, 0.6) is 0 Å². The first-order valence-electron chi connectivity index (χ1n) is 1.87.